The summed E-state index contributed by atoms with van der Waals surface area (Å²) in [7, 11) is 0. The summed E-state index contributed by atoms with van der Waals surface area (Å²) in [5.41, 5.74) is 0.647. The van der Waals surface area contributed by atoms with E-state index in [1.54, 1.807) is 12.1 Å². The molecule has 0 saturated carbocycles. The van der Waals surface area contributed by atoms with Crippen molar-refractivity contribution < 1.29 is 8.91 Å². The van der Waals surface area contributed by atoms with Crippen molar-refractivity contribution in [1.82, 2.24) is 15.5 Å². The van der Waals surface area contributed by atoms with E-state index in [2.05, 4.69) is 15.5 Å². The fourth-order valence-corrected chi connectivity index (χ4v) is 2.21. The lowest BCUT2D eigenvalue weighted by Crippen LogP contribution is -2.28. The van der Waals surface area contributed by atoms with Gasteiger partial charge in [-0.2, -0.15) is 4.98 Å². The zero-order valence-corrected chi connectivity index (χ0v) is 9.90. The molecule has 2 heterocycles. The van der Waals surface area contributed by atoms with E-state index >= 15 is 0 Å². The van der Waals surface area contributed by atoms with Gasteiger partial charge in [0, 0.05) is 12.1 Å². The highest BCUT2D eigenvalue weighted by Crippen LogP contribution is 2.24. The Labute approximate surface area is 104 Å². The minimum Gasteiger partial charge on any atom is -0.339 e. The Balaban J connectivity index is 1.84. The summed E-state index contributed by atoms with van der Waals surface area (Å²) in [6.45, 7) is 1.91. The van der Waals surface area contributed by atoms with Crippen LogP contribution in [0.25, 0.3) is 11.4 Å². The molecule has 1 saturated heterocycles. The van der Waals surface area contributed by atoms with Crippen LogP contribution in [-0.4, -0.2) is 23.2 Å². The van der Waals surface area contributed by atoms with Crippen molar-refractivity contribution in [2.75, 3.05) is 13.1 Å². The molecular weight excluding hydrogens is 233 g/mol. The topological polar surface area (TPSA) is 51.0 Å². The summed E-state index contributed by atoms with van der Waals surface area (Å²) in [6, 6.07) is 6.23. The molecule has 1 aromatic carbocycles. The van der Waals surface area contributed by atoms with Gasteiger partial charge >= 0.3 is 0 Å². The number of nitrogens with one attached hydrogen (secondary N) is 1. The molecular formula is C13H14FN3O. The minimum absolute atomic E-state index is 0.272. The maximum atomic E-state index is 13.1. The van der Waals surface area contributed by atoms with Gasteiger partial charge < -0.3 is 9.84 Å². The standard InChI is InChI=1S/C13H14FN3O/c14-11-5-1-3-9(7-11)12-16-13(18-17-12)10-4-2-6-15-8-10/h1,3,5,7,10,15H,2,4,6,8H2. The highest BCUT2D eigenvalue weighted by Gasteiger charge is 2.21. The van der Waals surface area contributed by atoms with Gasteiger partial charge in [-0.1, -0.05) is 17.3 Å². The number of hydrogen-bond acceptors (Lipinski definition) is 4. The third kappa shape index (κ3) is 2.26. The van der Waals surface area contributed by atoms with Gasteiger partial charge in [0.05, 0.1) is 5.92 Å². The van der Waals surface area contributed by atoms with Gasteiger partial charge in [-0.15, -0.1) is 0 Å². The van der Waals surface area contributed by atoms with E-state index in [0.717, 1.165) is 25.9 Å². The predicted molar refractivity (Wildman–Crippen MR) is 64.5 cm³/mol. The molecule has 18 heavy (non-hydrogen) atoms. The van der Waals surface area contributed by atoms with Crippen LogP contribution in [-0.2, 0) is 0 Å². The molecule has 4 nitrogen and oxygen atoms in total. The zero-order valence-electron chi connectivity index (χ0n) is 9.90. The highest BCUT2D eigenvalue weighted by molar-refractivity contribution is 5.53. The number of benzene rings is 1. The summed E-state index contributed by atoms with van der Waals surface area (Å²) in [6.07, 6.45) is 2.17. The number of rotatable bonds is 2. The van der Waals surface area contributed by atoms with Crippen molar-refractivity contribution in [3.05, 3.63) is 36.0 Å². The van der Waals surface area contributed by atoms with Gasteiger partial charge in [0.2, 0.25) is 11.7 Å². The molecule has 0 amide bonds. The van der Waals surface area contributed by atoms with E-state index < -0.39 is 0 Å². The van der Waals surface area contributed by atoms with Gasteiger partial charge in [0.1, 0.15) is 5.82 Å². The molecule has 1 fully saturated rings. The molecule has 0 bridgehead atoms. The fourth-order valence-electron chi connectivity index (χ4n) is 2.21. The highest BCUT2D eigenvalue weighted by atomic mass is 19.1. The summed E-state index contributed by atoms with van der Waals surface area (Å²) >= 11 is 0. The first-order valence-corrected chi connectivity index (χ1v) is 6.13. The summed E-state index contributed by atoms with van der Waals surface area (Å²) in [4.78, 5) is 4.36. The van der Waals surface area contributed by atoms with E-state index in [1.807, 2.05) is 0 Å². The minimum atomic E-state index is -0.293. The lowest BCUT2D eigenvalue weighted by Gasteiger charge is -2.18. The molecule has 94 valence electrons. The van der Waals surface area contributed by atoms with E-state index in [0.29, 0.717) is 17.3 Å². The average Bonchev–Trinajstić information content (AvgIpc) is 2.89. The number of nitrogens with zero attached hydrogens (tertiary/aromatic N) is 2. The van der Waals surface area contributed by atoms with Crippen LogP contribution in [0.5, 0.6) is 0 Å². The molecule has 1 atom stereocenters. The Morgan fingerprint density at radius 1 is 1.39 bits per heavy atom. The second-order valence-electron chi connectivity index (χ2n) is 4.51. The van der Waals surface area contributed by atoms with E-state index in [9.17, 15) is 4.39 Å². The summed E-state index contributed by atoms with van der Waals surface area (Å²) < 4.78 is 18.4. The molecule has 1 unspecified atom stereocenters. The lowest BCUT2D eigenvalue weighted by molar-refractivity contribution is 0.322. The van der Waals surface area contributed by atoms with Crippen LogP contribution in [0.15, 0.2) is 28.8 Å². The van der Waals surface area contributed by atoms with Gasteiger partial charge in [-0.25, -0.2) is 4.39 Å². The quantitative estimate of drug-likeness (QED) is 0.885. The van der Waals surface area contributed by atoms with Gasteiger partial charge in [0.25, 0.3) is 0 Å². The van der Waals surface area contributed by atoms with Crippen LogP contribution < -0.4 is 5.32 Å². The number of hydrogen-bond donors (Lipinski definition) is 1. The maximum Gasteiger partial charge on any atom is 0.231 e. The van der Waals surface area contributed by atoms with Crippen molar-refractivity contribution in [1.29, 1.82) is 0 Å². The predicted octanol–water partition coefficient (Wildman–Crippen LogP) is 2.34. The van der Waals surface area contributed by atoms with Crippen LogP contribution in [0.4, 0.5) is 4.39 Å². The normalized spacial score (nSPS) is 19.9. The third-order valence-corrected chi connectivity index (χ3v) is 3.17. The Bertz CT molecular complexity index is 535. The zero-order chi connectivity index (χ0) is 12.4. The Morgan fingerprint density at radius 3 is 3.11 bits per heavy atom. The number of piperidine rings is 1. The Hall–Kier alpha value is -1.75. The average molecular weight is 247 g/mol. The van der Waals surface area contributed by atoms with Crippen LogP contribution in [0.3, 0.4) is 0 Å². The van der Waals surface area contributed by atoms with Crippen molar-refractivity contribution in [2.45, 2.75) is 18.8 Å². The first kappa shape index (κ1) is 11.3. The van der Waals surface area contributed by atoms with Crippen LogP contribution in [0.1, 0.15) is 24.7 Å². The largest absolute Gasteiger partial charge is 0.339 e. The second kappa shape index (κ2) is 4.86. The smallest absolute Gasteiger partial charge is 0.231 e. The van der Waals surface area contributed by atoms with Crippen molar-refractivity contribution in [3.63, 3.8) is 0 Å². The third-order valence-electron chi connectivity index (χ3n) is 3.17. The van der Waals surface area contributed by atoms with Crippen molar-refractivity contribution >= 4 is 0 Å². The van der Waals surface area contributed by atoms with Crippen molar-refractivity contribution in [3.8, 4) is 11.4 Å². The second-order valence-corrected chi connectivity index (χ2v) is 4.51. The van der Waals surface area contributed by atoms with Crippen molar-refractivity contribution in [2.24, 2.45) is 0 Å². The molecule has 0 spiro atoms. The van der Waals surface area contributed by atoms with Crippen LogP contribution in [0, 0.1) is 5.82 Å². The van der Waals surface area contributed by atoms with Crippen LogP contribution in [0.2, 0.25) is 0 Å². The van der Waals surface area contributed by atoms with Gasteiger partial charge in [-0.05, 0) is 31.5 Å². The Kier molecular flexibility index (Phi) is 3.06. The summed E-state index contributed by atoms with van der Waals surface area (Å²) in [5, 5.41) is 7.23. The number of halogens is 1. The molecule has 2 aromatic rings. The maximum absolute atomic E-state index is 13.1. The molecule has 1 aliphatic rings. The monoisotopic (exact) mass is 247 g/mol. The Morgan fingerprint density at radius 2 is 2.33 bits per heavy atom. The molecule has 3 rings (SSSR count). The van der Waals surface area contributed by atoms with Crippen LogP contribution >= 0.6 is 0 Å². The van der Waals surface area contributed by atoms with E-state index in [4.69, 9.17) is 4.52 Å². The molecule has 5 heteroatoms. The molecule has 0 radical (unpaired) electrons. The SMILES string of the molecule is Fc1cccc(-c2noc(C3CCCNC3)n2)c1. The molecule has 0 aliphatic carbocycles. The first-order valence-electron chi connectivity index (χ1n) is 6.13. The number of aromatic nitrogens is 2. The van der Waals surface area contributed by atoms with E-state index in [1.165, 1.54) is 12.1 Å². The van der Waals surface area contributed by atoms with Gasteiger partial charge in [0.15, 0.2) is 0 Å². The molecule has 1 aliphatic heterocycles. The molecule has 1 N–H and O–H groups in total. The fraction of sp³-hybridized carbons (Fsp3) is 0.385. The van der Waals surface area contributed by atoms with E-state index in [-0.39, 0.29) is 11.7 Å². The van der Waals surface area contributed by atoms with Gasteiger partial charge in [-0.3, -0.25) is 0 Å². The lowest BCUT2D eigenvalue weighted by atomic mass is 10.00. The first-order chi connectivity index (χ1) is 8.83. The molecule has 1 aromatic heterocycles. The summed E-state index contributed by atoms with van der Waals surface area (Å²) in [5.74, 6) is 1.07.